The maximum absolute atomic E-state index is 10.9. The second-order valence-electron chi connectivity index (χ2n) is 2.75. The molecule has 14 heavy (non-hydrogen) atoms. The molecule has 0 unspecified atom stereocenters. The van der Waals surface area contributed by atoms with E-state index in [4.69, 9.17) is 0 Å². The Morgan fingerprint density at radius 2 is 2.00 bits per heavy atom. The van der Waals surface area contributed by atoms with Crippen LogP contribution in [0.1, 0.15) is 0 Å². The molecule has 5 heteroatoms. The van der Waals surface area contributed by atoms with E-state index in [-0.39, 0.29) is 10.9 Å². The first kappa shape index (κ1) is 12.8. The molecule has 0 spiro atoms. The zero-order chi connectivity index (χ0) is 11.1. The average Bonchev–Trinajstić information content (AvgIpc) is 2.24. The molecule has 0 radical (unpaired) electrons. The van der Waals surface area contributed by atoms with Crippen LogP contribution in [0.25, 0.3) is 0 Å². The van der Waals surface area contributed by atoms with E-state index in [0.29, 0.717) is 12.9 Å². The molecule has 1 N–H and O–H groups in total. The Labute approximate surface area is 82.0 Å². The molecule has 1 aromatic carbocycles. The first-order valence-electron chi connectivity index (χ1n) is 4.20. The van der Waals surface area contributed by atoms with Gasteiger partial charge in [0.15, 0.2) is 0 Å². The van der Waals surface area contributed by atoms with Gasteiger partial charge in [-0.3, -0.25) is 14.0 Å². The summed E-state index contributed by atoms with van der Waals surface area (Å²) in [6.07, 6.45) is 0. The van der Waals surface area contributed by atoms with Crippen LogP contribution in [0, 0.1) is 0 Å². The molecule has 0 aliphatic heterocycles. The molecule has 0 saturated carbocycles. The van der Waals surface area contributed by atoms with Crippen LogP contribution in [0.15, 0.2) is 15.7 Å². The Morgan fingerprint density at radius 3 is 2.36 bits per heavy atom. The summed E-state index contributed by atoms with van der Waals surface area (Å²) in [7, 11) is 4.14. The van der Waals surface area contributed by atoms with Gasteiger partial charge in [0.1, 0.15) is 0 Å². The largest absolute Gasteiger partial charge is 0.370 e. The smallest absolute Gasteiger partial charge is 0.249 e. The summed E-state index contributed by atoms with van der Waals surface area (Å²) >= 11 is 0. The minimum atomic E-state index is -0.388. The zero-order valence-corrected chi connectivity index (χ0v) is 8.63. The summed E-state index contributed by atoms with van der Waals surface area (Å²) in [5.41, 5.74) is -0.231. The van der Waals surface area contributed by atoms with Crippen molar-refractivity contribution in [3.8, 4) is 0 Å². The normalized spacial score (nSPS) is 9.43. The van der Waals surface area contributed by atoms with Gasteiger partial charge in [0, 0.05) is 26.2 Å². The van der Waals surface area contributed by atoms with E-state index in [2.05, 4.69) is 5.32 Å². The Kier molecular flexibility index (Phi) is 5.71. The highest BCUT2D eigenvalue weighted by molar-refractivity contribution is 5.49. The summed E-state index contributed by atoms with van der Waals surface area (Å²) in [5, 5.41) is 2.96. The van der Waals surface area contributed by atoms with Gasteiger partial charge in [0.05, 0.1) is 12.9 Å². The molecular formula is C9H15FN2O2. The van der Waals surface area contributed by atoms with Crippen LogP contribution in [0.3, 0.4) is 0 Å². The third-order valence-electron chi connectivity index (χ3n) is 1.83. The van der Waals surface area contributed by atoms with Crippen LogP contribution in [0.5, 0.6) is 0 Å². The lowest BCUT2D eigenvalue weighted by Crippen LogP contribution is -2.39. The SMILES string of the molecule is CF.CNCCN(C)c1cc(=O)c1=O. The quantitative estimate of drug-likeness (QED) is 0.670. The molecule has 0 aromatic heterocycles. The summed E-state index contributed by atoms with van der Waals surface area (Å²) < 4.78 is 9.50. The third-order valence-corrected chi connectivity index (χ3v) is 1.83. The number of alkyl halides is 1. The number of likely N-dealkylation sites (N-methyl/N-ethyl adjacent to an activating group) is 2. The van der Waals surface area contributed by atoms with Crippen LogP contribution in [-0.4, -0.2) is 34.4 Å². The van der Waals surface area contributed by atoms with E-state index in [0.717, 1.165) is 13.1 Å². The van der Waals surface area contributed by atoms with E-state index >= 15 is 0 Å². The lowest BCUT2D eigenvalue weighted by atomic mass is 10.2. The summed E-state index contributed by atoms with van der Waals surface area (Å²) in [5.74, 6) is 0. The van der Waals surface area contributed by atoms with Crippen molar-refractivity contribution in [1.82, 2.24) is 5.32 Å². The fourth-order valence-electron chi connectivity index (χ4n) is 0.987. The highest BCUT2D eigenvalue weighted by atomic mass is 19.1. The van der Waals surface area contributed by atoms with Gasteiger partial charge in [0.2, 0.25) is 10.9 Å². The molecule has 0 fully saturated rings. The zero-order valence-electron chi connectivity index (χ0n) is 8.63. The molecule has 1 aromatic rings. The number of anilines is 1. The fraction of sp³-hybridized carbons (Fsp3) is 0.556. The maximum atomic E-state index is 10.9. The van der Waals surface area contributed by atoms with Gasteiger partial charge in [-0.2, -0.15) is 0 Å². The monoisotopic (exact) mass is 202 g/mol. The van der Waals surface area contributed by atoms with Crippen molar-refractivity contribution in [2.24, 2.45) is 0 Å². The Bertz CT molecular complexity index is 331. The van der Waals surface area contributed by atoms with Crippen molar-refractivity contribution < 1.29 is 4.39 Å². The van der Waals surface area contributed by atoms with Crippen LogP contribution in [-0.2, 0) is 0 Å². The van der Waals surface area contributed by atoms with Gasteiger partial charge >= 0.3 is 0 Å². The van der Waals surface area contributed by atoms with Gasteiger partial charge in [-0.05, 0) is 7.05 Å². The van der Waals surface area contributed by atoms with Gasteiger partial charge < -0.3 is 10.2 Å². The average molecular weight is 202 g/mol. The molecule has 0 aliphatic rings. The van der Waals surface area contributed by atoms with Gasteiger partial charge in [-0.25, -0.2) is 0 Å². The lowest BCUT2D eigenvalue weighted by Gasteiger charge is -2.18. The van der Waals surface area contributed by atoms with Gasteiger partial charge in [-0.1, -0.05) is 0 Å². The first-order valence-corrected chi connectivity index (χ1v) is 4.20. The molecule has 0 aliphatic carbocycles. The number of rotatable bonds is 4. The topological polar surface area (TPSA) is 49.4 Å². The predicted octanol–water partition coefficient (Wildman–Crippen LogP) is -0.476. The minimum Gasteiger partial charge on any atom is -0.370 e. The fourth-order valence-corrected chi connectivity index (χ4v) is 0.987. The van der Waals surface area contributed by atoms with E-state index < -0.39 is 0 Å². The highest BCUT2D eigenvalue weighted by Crippen LogP contribution is 2.01. The number of nitrogens with zero attached hydrogens (tertiary/aromatic N) is 1. The number of nitrogens with one attached hydrogen (secondary N) is 1. The van der Waals surface area contributed by atoms with E-state index in [1.807, 2.05) is 7.05 Å². The minimum absolute atomic E-state index is 0.367. The van der Waals surface area contributed by atoms with Crippen LogP contribution >= 0.6 is 0 Å². The van der Waals surface area contributed by atoms with Crippen molar-refractivity contribution in [3.63, 3.8) is 0 Å². The predicted molar refractivity (Wildman–Crippen MR) is 55.6 cm³/mol. The van der Waals surface area contributed by atoms with Crippen molar-refractivity contribution >= 4 is 5.69 Å². The molecule has 1 rings (SSSR count). The molecule has 0 heterocycles. The summed E-state index contributed by atoms with van der Waals surface area (Å²) in [6.45, 7) is 1.54. The van der Waals surface area contributed by atoms with Crippen LogP contribution in [0.2, 0.25) is 0 Å². The summed E-state index contributed by atoms with van der Waals surface area (Å²) in [6, 6.07) is 1.37. The van der Waals surface area contributed by atoms with Crippen molar-refractivity contribution in [2.75, 3.05) is 39.3 Å². The molecule has 80 valence electrons. The molecule has 4 nitrogen and oxygen atoms in total. The van der Waals surface area contributed by atoms with Gasteiger partial charge in [-0.15, -0.1) is 0 Å². The van der Waals surface area contributed by atoms with E-state index in [1.165, 1.54) is 6.07 Å². The molecule has 0 atom stereocenters. The number of hydrogen-bond acceptors (Lipinski definition) is 4. The third kappa shape index (κ3) is 2.92. The second kappa shape index (κ2) is 6.26. The van der Waals surface area contributed by atoms with Crippen molar-refractivity contribution in [3.05, 3.63) is 26.5 Å². The lowest BCUT2D eigenvalue weighted by molar-refractivity contribution is 0.636. The Morgan fingerprint density at radius 1 is 1.43 bits per heavy atom. The standard InChI is InChI=1S/C8H12N2O2.CH3F/c1-9-3-4-10(2)6-5-7(11)8(6)12;1-2/h5,9H,3-4H2,1-2H3;1H3. The van der Waals surface area contributed by atoms with E-state index in [9.17, 15) is 14.0 Å². The first-order chi connectivity index (χ1) is 6.66. The van der Waals surface area contributed by atoms with Crippen molar-refractivity contribution in [1.29, 1.82) is 0 Å². The highest BCUT2D eigenvalue weighted by Gasteiger charge is 2.12. The van der Waals surface area contributed by atoms with Gasteiger partial charge in [0.25, 0.3) is 0 Å². The molecule has 0 amide bonds. The van der Waals surface area contributed by atoms with Crippen LogP contribution in [0.4, 0.5) is 10.1 Å². The molecule has 0 bridgehead atoms. The second-order valence-corrected chi connectivity index (χ2v) is 2.75. The Hall–Kier alpha value is -1.23. The number of halogens is 1. The van der Waals surface area contributed by atoms with Crippen molar-refractivity contribution in [2.45, 2.75) is 0 Å². The summed E-state index contributed by atoms with van der Waals surface area (Å²) in [4.78, 5) is 23.2. The maximum Gasteiger partial charge on any atom is 0.249 e. The number of hydrogen-bond donors (Lipinski definition) is 1. The van der Waals surface area contributed by atoms with Crippen LogP contribution < -0.4 is 21.1 Å². The molecular weight excluding hydrogens is 187 g/mol. The van der Waals surface area contributed by atoms with E-state index in [1.54, 1.807) is 11.9 Å². The molecule has 0 saturated heterocycles. The Balaban J connectivity index is 0.000000791.